The second-order valence-electron chi connectivity index (χ2n) is 13.8. The maximum Gasteiger partial charge on any atom is 0.310 e. The fourth-order valence-corrected chi connectivity index (χ4v) is 10.2. The second-order valence-corrected chi connectivity index (χ2v) is 15.4. The molecule has 7 nitrogen and oxygen atoms in total. The number of carbonyl (C=O) groups is 3. The number of aliphatic hydroxyl groups excluding tert-OH is 1. The summed E-state index contributed by atoms with van der Waals surface area (Å²) in [5.74, 6) is -1.56. The number of hydrogen-bond acceptors (Lipinski definition) is 6. The Morgan fingerprint density at radius 1 is 1.29 bits per heavy atom. The first-order valence-electron chi connectivity index (χ1n) is 14.3. The van der Waals surface area contributed by atoms with Crippen LogP contribution >= 0.6 is 11.8 Å². The van der Waals surface area contributed by atoms with E-state index in [2.05, 4.69) is 62.0 Å². The Labute approximate surface area is 234 Å². The number of ether oxygens (including phenoxy) is 1. The van der Waals surface area contributed by atoms with Gasteiger partial charge in [0.15, 0.2) is 0 Å². The normalized spacial score (nSPS) is 31.5. The molecule has 2 amide bonds. The van der Waals surface area contributed by atoms with Gasteiger partial charge in [0.25, 0.3) is 0 Å². The number of aliphatic hydroxyl groups is 1. The number of likely N-dealkylation sites (tertiary alicyclic amines) is 1. The summed E-state index contributed by atoms with van der Waals surface area (Å²) in [6.07, 6.45) is 3.85. The molecule has 2 bridgehead atoms. The SMILES string of the molecule is C=CCN(C(=O)C1N([C@@H](CO)CC(C)C)C(=O)[C@@H]2[C@H](C(=O)OCC)[C@@H]3CC(C)C12S3)C(C)(C)CC(C)(C)C. The van der Waals surface area contributed by atoms with Gasteiger partial charge in [0.1, 0.15) is 6.04 Å². The predicted molar refractivity (Wildman–Crippen MR) is 153 cm³/mol. The summed E-state index contributed by atoms with van der Waals surface area (Å²) < 4.78 is 4.73. The maximum atomic E-state index is 14.9. The molecule has 0 aromatic carbocycles. The van der Waals surface area contributed by atoms with E-state index in [0.717, 1.165) is 12.8 Å². The largest absolute Gasteiger partial charge is 0.466 e. The third-order valence-corrected chi connectivity index (χ3v) is 10.7. The van der Waals surface area contributed by atoms with E-state index in [9.17, 15) is 19.5 Å². The van der Waals surface area contributed by atoms with Crippen molar-refractivity contribution >= 4 is 29.5 Å². The van der Waals surface area contributed by atoms with E-state index in [1.54, 1.807) is 29.7 Å². The van der Waals surface area contributed by atoms with Crippen LogP contribution in [0, 0.1) is 29.1 Å². The minimum Gasteiger partial charge on any atom is -0.466 e. The zero-order valence-corrected chi connectivity index (χ0v) is 25.8. The van der Waals surface area contributed by atoms with Gasteiger partial charge in [-0.05, 0) is 57.3 Å². The summed E-state index contributed by atoms with van der Waals surface area (Å²) in [7, 11) is 0. The van der Waals surface area contributed by atoms with E-state index < -0.39 is 34.2 Å². The van der Waals surface area contributed by atoms with Crippen molar-refractivity contribution < 1.29 is 24.2 Å². The zero-order chi connectivity index (χ0) is 28.8. The van der Waals surface area contributed by atoms with Crippen LogP contribution in [0.2, 0.25) is 0 Å². The Hall–Kier alpha value is -1.54. The Bertz CT molecular complexity index is 928. The van der Waals surface area contributed by atoms with Gasteiger partial charge in [-0.1, -0.05) is 47.6 Å². The van der Waals surface area contributed by atoms with Crippen LogP contribution in [0.3, 0.4) is 0 Å². The number of fused-ring (bicyclic) bond motifs is 1. The standard InChI is InChI=1S/C30H50N2O5S/c1-11-13-31(29(9,10)17-28(6,7)8)26(35)24-30-19(5)15-21(38-30)22(27(36)37-12-2)23(30)25(34)32(24)20(16-33)14-18(3)4/h11,18-24,33H,1,12-17H2,2-10H3/t19?,20-,21+,22-,23+,24?,30?/m1/s1. The number of thioether (sulfide) groups is 1. The highest BCUT2D eigenvalue weighted by atomic mass is 32.2. The number of amides is 2. The van der Waals surface area contributed by atoms with Gasteiger partial charge in [0.05, 0.1) is 35.8 Å². The van der Waals surface area contributed by atoms with Crippen molar-refractivity contribution in [1.29, 1.82) is 0 Å². The molecule has 1 spiro atoms. The topological polar surface area (TPSA) is 87.2 Å². The number of hydrogen-bond donors (Lipinski definition) is 1. The lowest BCUT2D eigenvalue weighted by molar-refractivity contribution is -0.154. The molecule has 3 heterocycles. The molecule has 0 aliphatic carbocycles. The first-order valence-corrected chi connectivity index (χ1v) is 15.1. The summed E-state index contributed by atoms with van der Waals surface area (Å²) in [4.78, 5) is 46.1. The first kappa shape index (κ1) is 31.0. The van der Waals surface area contributed by atoms with Crippen LogP contribution in [0.4, 0.5) is 0 Å². The Morgan fingerprint density at radius 3 is 2.42 bits per heavy atom. The molecule has 3 aliphatic heterocycles. The minimum absolute atomic E-state index is 0.0245. The van der Waals surface area contributed by atoms with Crippen molar-refractivity contribution in [2.24, 2.45) is 29.1 Å². The molecule has 3 saturated heterocycles. The van der Waals surface area contributed by atoms with E-state index in [0.29, 0.717) is 13.0 Å². The molecule has 38 heavy (non-hydrogen) atoms. The van der Waals surface area contributed by atoms with Crippen molar-refractivity contribution in [3.8, 4) is 0 Å². The molecule has 0 saturated carbocycles. The highest BCUT2D eigenvalue weighted by molar-refractivity contribution is 8.02. The molecule has 0 radical (unpaired) electrons. The van der Waals surface area contributed by atoms with E-state index >= 15 is 0 Å². The zero-order valence-electron chi connectivity index (χ0n) is 25.0. The molecular weight excluding hydrogens is 500 g/mol. The number of carbonyl (C=O) groups excluding carboxylic acids is 3. The highest BCUT2D eigenvalue weighted by Gasteiger charge is 2.77. The van der Waals surface area contributed by atoms with Gasteiger partial charge in [0.2, 0.25) is 11.8 Å². The Kier molecular flexibility index (Phi) is 9.09. The summed E-state index contributed by atoms with van der Waals surface area (Å²) in [6.45, 7) is 23.0. The van der Waals surface area contributed by atoms with Gasteiger partial charge in [-0.2, -0.15) is 0 Å². The third kappa shape index (κ3) is 5.28. The van der Waals surface area contributed by atoms with E-state index in [-0.39, 0.29) is 53.5 Å². The minimum atomic E-state index is -0.764. The molecule has 7 atom stereocenters. The van der Waals surface area contributed by atoms with Crippen molar-refractivity contribution in [2.75, 3.05) is 19.8 Å². The molecule has 0 aromatic heterocycles. The van der Waals surface area contributed by atoms with Crippen LogP contribution in [0.1, 0.15) is 81.6 Å². The summed E-state index contributed by atoms with van der Waals surface area (Å²) in [6, 6.07) is -1.26. The van der Waals surface area contributed by atoms with Crippen LogP contribution < -0.4 is 0 Å². The molecule has 1 N–H and O–H groups in total. The van der Waals surface area contributed by atoms with Gasteiger partial charge in [-0.3, -0.25) is 14.4 Å². The Morgan fingerprint density at radius 2 is 1.92 bits per heavy atom. The number of rotatable bonds is 11. The average molecular weight is 551 g/mol. The van der Waals surface area contributed by atoms with Crippen LogP contribution in [0.25, 0.3) is 0 Å². The van der Waals surface area contributed by atoms with Crippen LogP contribution in [0.15, 0.2) is 12.7 Å². The number of nitrogens with zero attached hydrogens (tertiary/aromatic N) is 2. The van der Waals surface area contributed by atoms with E-state index in [1.165, 1.54) is 0 Å². The van der Waals surface area contributed by atoms with Gasteiger partial charge < -0.3 is 19.6 Å². The molecular formula is C30H50N2O5S. The van der Waals surface area contributed by atoms with Crippen LogP contribution in [0.5, 0.6) is 0 Å². The quantitative estimate of drug-likeness (QED) is 0.301. The third-order valence-electron chi connectivity index (χ3n) is 8.60. The lowest BCUT2D eigenvalue weighted by Gasteiger charge is -2.47. The van der Waals surface area contributed by atoms with Gasteiger partial charge >= 0.3 is 5.97 Å². The fraction of sp³-hybridized carbons (Fsp3) is 0.833. The highest BCUT2D eigenvalue weighted by Crippen LogP contribution is 2.69. The van der Waals surface area contributed by atoms with Crippen LogP contribution in [-0.2, 0) is 19.1 Å². The van der Waals surface area contributed by atoms with Gasteiger partial charge in [0, 0.05) is 17.3 Å². The smallest absolute Gasteiger partial charge is 0.310 e. The lowest BCUT2D eigenvalue weighted by atomic mass is 9.66. The van der Waals surface area contributed by atoms with Gasteiger partial charge in [-0.25, -0.2) is 0 Å². The van der Waals surface area contributed by atoms with Crippen molar-refractivity contribution in [3.63, 3.8) is 0 Å². The molecule has 0 aromatic rings. The lowest BCUT2D eigenvalue weighted by Crippen LogP contribution is -2.62. The molecule has 3 unspecified atom stereocenters. The maximum absolute atomic E-state index is 14.9. The molecule has 3 aliphatic rings. The molecule has 8 heteroatoms. The van der Waals surface area contributed by atoms with Gasteiger partial charge in [-0.15, -0.1) is 18.3 Å². The summed E-state index contributed by atoms with van der Waals surface area (Å²) >= 11 is 1.65. The van der Waals surface area contributed by atoms with Crippen molar-refractivity contribution in [2.45, 2.75) is 109 Å². The average Bonchev–Trinajstić information content (AvgIpc) is 3.37. The van der Waals surface area contributed by atoms with E-state index in [4.69, 9.17) is 4.74 Å². The molecule has 3 fully saturated rings. The van der Waals surface area contributed by atoms with E-state index in [1.807, 2.05) is 4.90 Å². The number of esters is 1. The van der Waals surface area contributed by atoms with Crippen molar-refractivity contribution in [1.82, 2.24) is 9.80 Å². The summed E-state index contributed by atoms with van der Waals surface area (Å²) in [5.41, 5.74) is -0.520. The van der Waals surface area contributed by atoms with Crippen molar-refractivity contribution in [3.05, 3.63) is 12.7 Å². The second kappa shape index (κ2) is 11.1. The monoisotopic (exact) mass is 550 g/mol. The molecule has 216 valence electrons. The first-order chi connectivity index (χ1) is 17.6. The fourth-order valence-electron chi connectivity index (χ4n) is 7.76. The van der Waals surface area contributed by atoms with Crippen LogP contribution in [-0.4, -0.2) is 80.1 Å². The predicted octanol–water partition coefficient (Wildman–Crippen LogP) is 4.52. The molecule has 3 rings (SSSR count). The Balaban J connectivity index is 2.19. The summed E-state index contributed by atoms with van der Waals surface area (Å²) in [5, 5.41) is 10.5.